The molecule has 0 saturated carbocycles. The summed E-state index contributed by atoms with van der Waals surface area (Å²) < 4.78 is 3.02. The predicted molar refractivity (Wildman–Crippen MR) is 72.7 cm³/mol. The first-order chi connectivity index (χ1) is 7.16. The van der Waals surface area contributed by atoms with E-state index in [0.717, 1.165) is 0 Å². The Morgan fingerprint density at radius 2 is 1.87 bits per heavy atom. The van der Waals surface area contributed by atoms with Gasteiger partial charge in [-0.2, -0.15) is 0 Å². The van der Waals surface area contributed by atoms with Crippen LogP contribution in [0.5, 0.6) is 0 Å². The Kier molecular flexibility index (Phi) is 11.0. The molecule has 0 nitrogen and oxygen atoms in total. The Morgan fingerprint density at radius 3 is 2.47 bits per heavy atom. The van der Waals surface area contributed by atoms with Crippen LogP contribution in [0.1, 0.15) is 53.4 Å². The van der Waals surface area contributed by atoms with Crippen LogP contribution in [-0.4, -0.2) is 21.1 Å². The maximum atomic E-state index is 2.50. The van der Waals surface area contributed by atoms with Crippen molar-refractivity contribution in [2.24, 2.45) is 0 Å². The van der Waals surface area contributed by atoms with E-state index in [9.17, 15) is 0 Å². The number of hydrogen-bond donors (Lipinski definition) is 0. The summed E-state index contributed by atoms with van der Waals surface area (Å²) in [6.07, 6.45) is 10.2. The van der Waals surface area contributed by atoms with Crippen LogP contribution in [0.4, 0.5) is 0 Å². The van der Waals surface area contributed by atoms with Crippen LogP contribution in [0.3, 0.4) is 0 Å². The van der Waals surface area contributed by atoms with Gasteiger partial charge in [0.25, 0.3) is 0 Å². The van der Waals surface area contributed by atoms with Crippen LogP contribution in [-0.2, 0) is 0 Å². The molecule has 0 N–H and O–H groups in total. The molecule has 0 aromatic rings. The molecular formula is C14H26Sn. The molecule has 0 bridgehead atoms. The van der Waals surface area contributed by atoms with Crippen LogP contribution < -0.4 is 0 Å². The van der Waals surface area contributed by atoms with Crippen molar-refractivity contribution in [2.45, 2.75) is 62.3 Å². The quantitative estimate of drug-likeness (QED) is 0.335. The average Bonchev–Trinajstić information content (AvgIpc) is 2.17. The first-order valence-corrected chi connectivity index (χ1v) is 10.2. The second kappa shape index (κ2) is 10.8. The van der Waals surface area contributed by atoms with E-state index >= 15 is 0 Å². The van der Waals surface area contributed by atoms with Gasteiger partial charge in [0.05, 0.1) is 0 Å². The molecule has 0 heterocycles. The first kappa shape index (κ1) is 15.3. The van der Waals surface area contributed by atoms with Crippen molar-refractivity contribution < 1.29 is 0 Å². The van der Waals surface area contributed by atoms with Crippen molar-refractivity contribution in [1.82, 2.24) is 0 Å². The molecule has 0 saturated heterocycles. The van der Waals surface area contributed by atoms with Crippen LogP contribution >= 0.6 is 0 Å². The Hall–Kier alpha value is 0.279. The minimum atomic E-state index is -0.0290. The second-order valence-corrected chi connectivity index (χ2v) is 8.45. The summed E-state index contributed by atoms with van der Waals surface area (Å²) in [7, 11) is 0. The SMILES string of the molecule is CCC[CH2][Sn][CH2]/C=C(/C)CCC=C(C)C. The zero-order chi connectivity index (χ0) is 11.5. The molecule has 0 aliphatic carbocycles. The van der Waals surface area contributed by atoms with Gasteiger partial charge in [-0.15, -0.1) is 0 Å². The van der Waals surface area contributed by atoms with Crippen molar-refractivity contribution in [2.75, 3.05) is 0 Å². The molecule has 0 aliphatic heterocycles. The molecule has 0 aromatic carbocycles. The molecule has 1 heteroatoms. The molecule has 0 aliphatic rings. The third kappa shape index (κ3) is 12.2. The molecule has 0 amide bonds. The van der Waals surface area contributed by atoms with E-state index < -0.39 is 0 Å². The molecule has 0 aromatic heterocycles. The van der Waals surface area contributed by atoms with Crippen molar-refractivity contribution in [3.05, 3.63) is 23.3 Å². The van der Waals surface area contributed by atoms with Crippen molar-refractivity contribution in [3.63, 3.8) is 0 Å². The van der Waals surface area contributed by atoms with E-state index in [1.54, 1.807) is 10.0 Å². The summed E-state index contributed by atoms with van der Waals surface area (Å²) in [5, 5.41) is 0. The van der Waals surface area contributed by atoms with E-state index in [2.05, 4.69) is 39.8 Å². The van der Waals surface area contributed by atoms with Gasteiger partial charge in [0.1, 0.15) is 0 Å². The molecule has 86 valence electrons. The fraction of sp³-hybridized carbons (Fsp3) is 0.714. The van der Waals surface area contributed by atoms with Crippen molar-refractivity contribution >= 4 is 21.1 Å². The van der Waals surface area contributed by atoms with E-state index in [0.29, 0.717) is 0 Å². The van der Waals surface area contributed by atoms with Gasteiger partial charge in [-0.3, -0.25) is 0 Å². The van der Waals surface area contributed by atoms with Crippen LogP contribution in [0.2, 0.25) is 8.87 Å². The van der Waals surface area contributed by atoms with E-state index in [4.69, 9.17) is 0 Å². The molecule has 0 fully saturated rings. The number of rotatable bonds is 8. The van der Waals surface area contributed by atoms with Gasteiger partial charge in [-0.25, -0.2) is 0 Å². The zero-order valence-corrected chi connectivity index (χ0v) is 13.8. The Bertz CT molecular complexity index is 197. The number of hydrogen-bond acceptors (Lipinski definition) is 0. The van der Waals surface area contributed by atoms with E-state index in [-0.39, 0.29) is 21.1 Å². The molecule has 0 rings (SSSR count). The maximum absolute atomic E-state index is 2.50. The third-order valence-electron chi connectivity index (χ3n) is 2.39. The topological polar surface area (TPSA) is 0 Å². The molecular weight excluding hydrogens is 287 g/mol. The Labute approximate surface area is 106 Å². The summed E-state index contributed by atoms with van der Waals surface area (Å²) in [5.74, 6) is 0. The van der Waals surface area contributed by atoms with Gasteiger partial charge >= 0.3 is 107 Å². The third-order valence-corrected chi connectivity index (χ3v) is 5.82. The van der Waals surface area contributed by atoms with Crippen LogP contribution in [0.25, 0.3) is 0 Å². The Balaban J connectivity index is 3.48. The first-order valence-electron chi connectivity index (χ1n) is 6.16. The van der Waals surface area contributed by atoms with E-state index in [1.165, 1.54) is 35.7 Å². The molecule has 0 unspecified atom stereocenters. The van der Waals surface area contributed by atoms with Crippen molar-refractivity contribution in [1.29, 1.82) is 0 Å². The summed E-state index contributed by atoms with van der Waals surface area (Å²) >= 11 is -0.0290. The minimum absolute atomic E-state index is 0.0290. The summed E-state index contributed by atoms with van der Waals surface area (Å²) in [6, 6.07) is 0. The van der Waals surface area contributed by atoms with Gasteiger partial charge in [-0.05, 0) is 0 Å². The average molecular weight is 313 g/mol. The standard InChI is InChI=1S/C10H17.C4H9.Sn/c1-5-10(4)8-6-7-9(2)3;1-3-4-2;/h5,7H,1,6,8H2,2-4H3;1,3-4H2,2H3;/b10-5-;;. The summed E-state index contributed by atoms with van der Waals surface area (Å²) in [5.41, 5.74) is 3.05. The number of allylic oxidation sites excluding steroid dienone is 4. The monoisotopic (exact) mass is 314 g/mol. The van der Waals surface area contributed by atoms with Crippen LogP contribution in [0.15, 0.2) is 23.3 Å². The fourth-order valence-electron chi connectivity index (χ4n) is 1.34. The van der Waals surface area contributed by atoms with Gasteiger partial charge in [0, 0.05) is 0 Å². The Morgan fingerprint density at radius 1 is 1.13 bits per heavy atom. The number of unbranched alkanes of at least 4 members (excludes halogenated alkanes) is 1. The van der Waals surface area contributed by atoms with Crippen LogP contribution in [0, 0.1) is 0 Å². The molecule has 2 radical (unpaired) electrons. The van der Waals surface area contributed by atoms with Crippen molar-refractivity contribution in [3.8, 4) is 0 Å². The molecule has 0 spiro atoms. The normalized spacial score (nSPS) is 11.6. The summed E-state index contributed by atoms with van der Waals surface area (Å²) in [4.78, 5) is 0. The van der Waals surface area contributed by atoms with Gasteiger partial charge in [0.2, 0.25) is 0 Å². The predicted octanol–water partition coefficient (Wildman–Crippen LogP) is 5.02. The van der Waals surface area contributed by atoms with Gasteiger partial charge < -0.3 is 0 Å². The molecule has 0 atom stereocenters. The van der Waals surface area contributed by atoms with Gasteiger partial charge in [-0.1, -0.05) is 0 Å². The zero-order valence-electron chi connectivity index (χ0n) is 10.9. The summed E-state index contributed by atoms with van der Waals surface area (Å²) in [6.45, 7) is 8.94. The molecule has 15 heavy (non-hydrogen) atoms. The van der Waals surface area contributed by atoms with E-state index in [1.807, 2.05) is 0 Å². The fourth-order valence-corrected chi connectivity index (χ4v) is 5.05. The second-order valence-electron chi connectivity index (χ2n) is 4.43. The van der Waals surface area contributed by atoms with Gasteiger partial charge in [0.15, 0.2) is 0 Å².